The van der Waals surface area contributed by atoms with Gasteiger partial charge in [-0.15, -0.1) is 11.8 Å². The van der Waals surface area contributed by atoms with Crippen molar-refractivity contribution in [1.82, 2.24) is 0 Å². The van der Waals surface area contributed by atoms with Gasteiger partial charge in [-0.05, 0) is 37.5 Å². The summed E-state index contributed by atoms with van der Waals surface area (Å²) in [6.45, 7) is 6.30. The van der Waals surface area contributed by atoms with Crippen LogP contribution in [0.4, 0.5) is 5.69 Å². The average molecular weight is 439 g/mol. The van der Waals surface area contributed by atoms with Gasteiger partial charge in [-0.25, -0.2) is 4.79 Å². The zero-order valence-electron chi connectivity index (χ0n) is 18.4. The van der Waals surface area contributed by atoms with Crippen molar-refractivity contribution in [3.8, 4) is 0 Å². The Morgan fingerprint density at radius 3 is 2.57 bits per heavy atom. The van der Waals surface area contributed by atoms with E-state index in [1.165, 1.54) is 18.9 Å². The van der Waals surface area contributed by atoms with E-state index in [4.69, 9.17) is 15.2 Å². The van der Waals surface area contributed by atoms with Gasteiger partial charge in [0.05, 0.1) is 37.4 Å². The second-order valence-corrected chi connectivity index (χ2v) is 8.32. The van der Waals surface area contributed by atoms with E-state index in [0.717, 1.165) is 25.7 Å². The largest absolute Gasteiger partial charge is 0.465 e. The number of amides is 1. The number of rotatable bonds is 13. The number of carbonyl (C=O) groups is 3. The molecule has 30 heavy (non-hydrogen) atoms. The van der Waals surface area contributed by atoms with Crippen molar-refractivity contribution in [2.75, 3.05) is 24.8 Å². The van der Waals surface area contributed by atoms with Gasteiger partial charge in [-0.2, -0.15) is 0 Å². The lowest BCUT2D eigenvalue weighted by Crippen LogP contribution is -2.32. The van der Waals surface area contributed by atoms with Crippen LogP contribution in [-0.2, 0) is 19.1 Å². The number of thioether (sulfide) groups is 1. The predicted molar refractivity (Wildman–Crippen MR) is 120 cm³/mol. The summed E-state index contributed by atoms with van der Waals surface area (Å²) in [7, 11) is 1.31. The van der Waals surface area contributed by atoms with E-state index < -0.39 is 12.0 Å². The van der Waals surface area contributed by atoms with E-state index >= 15 is 0 Å². The Morgan fingerprint density at radius 1 is 1.23 bits per heavy atom. The third kappa shape index (κ3) is 9.17. The monoisotopic (exact) mass is 438 g/mol. The normalized spacial score (nSPS) is 12.7. The van der Waals surface area contributed by atoms with Gasteiger partial charge in [0.2, 0.25) is 5.91 Å². The van der Waals surface area contributed by atoms with Gasteiger partial charge in [-0.1, -0.05) is 33.1 Å². The SMILES string of the molecule is CCCCC(CC)COC(=O)CCSc1cc(C(=O)OC)ccc1NC(=O)[C@H](C)N. The molecular formula is C22H34N2O5S. The first kappa shape index (κ1) is 26.0. The number of ether oxygens (including phenoxy) is 2. The molecule has 0 aliphatic carbocycles. The lowest BCUT2D eigenvalue weighted by molar-refractivity contribution is -0.144. The maximum Gasteiger partial charge on any atom is 0.337 e. The topological polar surface area (TPSA) is 108 Å². The quantitative estimate of drug-likeness (QED) is 0.354. The number of nitrogens with two attached hydrogens (primary N) is 1. The Morgan fingerprint density at radius 2 is 1.97 bits per heavy atom. The number of unbranched alkanes of at least 4 members (excludes halogenated alkanes) is 1. The fourth-order valence-electron chi connectivity index (χ4n) is 2.66. The molecule has 168 valence electrons. The first-order valence-electron chi connectivity index (χ1n) is 10.4. The van der Waals surface area contributed by atoms with Gasteiger partial charge in [0.1, 0.15) is 0 Å². The van der Waals surface area contributed by atoms with Gasteiger partial charge in [0.15, 0.2) is 0 Å². The summed E-state index contributed by atoms with van der Waals surface area (Å²) in [4.78, 5) is 36.6. The molecule has 0 aliphatic heterocycles. The van der Waals surface area contributed by atoms with E-state index in [9.17, 15) is 14.4 Å². The van der Waals surface area contributed by atoms with Crippen molar-refractivity contribution in [3.05, 3.63) is 23.8 Å². The van der Waals surface area contributed by atoms with Crippen LogP contribution in [0.1, 0.15) is 63.2 Å². The van der Waals surface area contributed by atoms with Gasteiger partial charge < -0.3 is 20.5 Å². The maximum atomic E-state index is 12.1. The number of hydrogen-bond acceptors (Lipinski definition) is 7. The minimum absolute atomic E-state index is 0.234. The third-order valence-electron chi connectivity index (χ3n) is 4.66. The van der Waals surface area contributed by atoms with Crippen LogP contribution in [0.5, 0.6) is 0 Å². The van der Waals surface area contributed by atoms with E-state index in [1.807, 2.05) is 0 Å². The summed E-state index contributed by atoms with van der Waals surface area (Å²) in [6, 6.07) is 4.17. The number of benzene rings is 1. The molecular weight excluding hydrogens is 404 g/mol. The summed E-state index contributed by atoms with van der Waals surface area (Å²) in [5, 5.41) is 2.75. The van der Waals surface area contributed by atoms with Crippen molar-refractivity contribution in [2.45, 2.75) is 63.8 Å². The Balaban J connectivity index is 2.69. The first-order valence-corrected chi connectivity index (χ1v) is 11.4. The number of methoxy groups -OCH3 is 1. The highest BCUT2D eigenvalue weighted by atomic mass is 32.2. The van der Waals surface area contributed by atoms with E-state index in [2.05, 4.69) is 19.2 Å². The Labute approximate surface area is 183 Å². The number of esters is 2. The molecule has 7 nitrogen and oxygen atoms in total. The van der Waals surface area contributed by atoms with Crippen LogP contribution in [0.25, 0.3) is 0 Å². The summed E-state index contributed by atoms with van der Waals surface area (Å²) >= 11 is 1.36. The molecule has 1 aromatic carbocycles. The molecule has 0 radical (unpaired) electrons. The molecule has 1 unspecified atom stereocenters. The molecule has 0 saturated carbocycles. The van der Waals surface area contributed by atoms with E-state index in [1.54, 1.807) is 25.1 Å². The van der Waals surface area contributed by atoms with Crippen molar-refractivity contribution in [2.24, 2.45) is 11.7 Å². The first-order chi connectivity index (χ1) is 14.3. The lowest BCUT2D eigenvalue weighted by atomic mass is 10.0. The van der Waals surface area contributed by atoms with Crippen LogP contribution in [0.2, 0.25) is 0 Å². The van der Waals surface area contributed by atoms with Crippen LogP contribution in [0, 0.1) is 5.92 Å². The highest BCUT2D eigenvalue weighted by Gasteiger charge is 2.15. The highest BCUT2D eigenvalue weighted by molar-refractivity contribution is 7.99. The van der Waals surface area contributed by atoms with Gasteiger partial charge in [0.25, 0.3) is 0 Å². The van der Waals surface area contributed by atoms with Crippen LogP contribution < -0.4 is 11.1 Å². The molecule has 0 aromatic heterocycles. The number of hydrogen-bond donors (Lipinski definition) is 2. The van der Waals surface area contributed by atoms with Crippen molar-refractivity contribution >= 4 is 35.3 Å². The van der Waals surface area contributed by atoms with Crippen LogP contribution in [0.3, 0.4) is 0 Å². The Hall–Kier alpha value is -2.06. The smallest absolute Gasteiger partial charge is 0.337 e. The maximum absolute atomic E-state index is 12.1. The second-order valence-electron chi connectivity index (χ2n) is 7.18. The second kappa shape index (κ2) is 14.0. The van der Waals surface area contributed by atoms with Gasteiger partial charge in [0, 0.05) is 10.6 Å². The summed E-state index contributed by atoms with van der Waals surface area (Å²) < 4.78 is 10.2. The molecule has 8 heteroatoms. The van der Waals surface area contributed by atoms with Gasteiger partial charge >= 0.3 is 11.9 Å². The Bertz CT molecular complexity index is 709. The fraction of sp³-hybridized carbons (Fsp3) is 0.591. The summed E-state index contributed by atoms with van der Waals surface area (Å²) in [5.74, 6) is -0.198. The number of anilines is 1. The molecule has 3 N–H and O–H groups in total. The molecule has 1 aromatic rings. The lowest BCUT2D eigenvalue weighted by Gasteiger charge is -2.15. The standard InChI is InChI=1S/C22H34N2O5S/c1-5-7-8-16(6-2)14-29-20(25)11-12-30-19-13-17(22(27)28-4)9-10-18(19)24-21(26)15(3)23/h9-10,13,15-16H,5-8,11-12,14,23H2,1-4H3,(H,24,26)/t15-,16?/m0/s1. The average Bonchev–Trinajstić information content (AvgIpc) is 2.74. The molecule has 0 bridgehead atoms. The van der Waals surface area contributed by atoms with Crippen LogP contribution >= 0.6 is 11.8 Å². The molecule has 2 atom stereocenters. The third-order valence-corrected chi connectivity index (χ3v) is 5.72. The summed E-state index contributed by atoms with van der Waals surface area (Å²) in [6.07, 6.45) is 4.56. The molecule has 0 aliphatic rings. The van der Waals surface area contributed by atoms with Crippen LogP contribution in [-0.4, -0.2) is 43.4 Å². The predicted octanol–water partition coefficient (Wildman–Crippen LogP) is 4.00. The van der Waals surface area contributed by atoms with Crippen molar-refractivity contribution < 1.29 is 23.9 Å². The molecule has 0 fully saturated rings. The van der Waals surface area contributed by atoms with E-state index in [-0.39, 0.29) is 18.3 Å². The van der Waals surface area contributed by atoms with Gasteiger partial charge in [-0.3, -0.25) is 9.59 Å². The minimum Gasteiger partial charge on any atom is -0.465 e. The molecule has 1 amide bonds. The van der Waals surface area contributed by atoms with E-state index in [0.29, 0.717) is 34.4 Å². The number of nitrogens with one attached hydrogen (secondary N) is 1. The molecule has 1 rings (SSSR count). The minimum atomic E-state index is -0.669. The summed E-state index contributed by atoms with van der Waals surface area (Å²) in [5.41, 5.74) is 6.52. The number of carbonyl (C=O) groups excluding carboxylic acids is 3. The zero-order chi connectivity index (χ0) is 22.5. The molecule has 0 heterocycles. The zero-order valence-corrected chi connectivity index (χ0v) is 19.2. The van der Waals surface area contributed by atoms with Crippen molar-refractivity contribution in [1.29, 1.82) is 0 Å². The van der Waals surface area contributed by atoms with Crippen molar-refractivity contribution in [3.63, 3.8) is 0 Å². The van der Waals surface area contributed by atoms with Crippen LogP contribution in [0.15, 0.2) is 23.1 Å². The molecule has 0 saturated heterocycles. The Kier molecular flexibility index (Phi) is 12.2. The molecule has 0 spiro atoms. The highest BCUT2D eigenvalue weighted by Crippen LogP contribution is 2.29. The fourth-order valence-corrected chi connectivity index (χ4v) is 3.64.